The van der Waals surface area contributed by atoms with Gasteiger partial charge in [-0.2, -0.15) is 9.50 Å². The average molecular weight is 570 g/mol. The number of hydrogen-bond donors (Lipinski definition) is 2. The summed E-state index contributed by atoms with van der Waals surface area (Å²) in [4.78, 5) is 63.4. The number of carbonyl (C=O) groups excluding carboxylic acids is 2. The first-order valence-electron chi connectivity index (χ1n) is 13.3. The summed E-state index contributed by atoms with van der Waals surface area (Å²) in [6, 6.07) is 5.46. The molecular formula is C27H27N11O4. The van der Waals surface area contributed by atoms with E-state index in [4.69, 9.17) is 5.73 Å². The highest BCUT2D eigenvalue weighted by atomic mass is 16.3. The van der Waals surface area contributed by atoms with Crippen molar-refractivity contribution in [1.82, 2.24) is 44.0 Å². The molecule has 214 valence electrons. The molecule has 0 radical (unpaired) electrons. The van der Waals surface area contributed by atoms with E-state index in [-0.39, 0.29) is 36.9 Å². The second kappa shape index (κ2) is 10.5. The van der Waals surface area contributed by atoms with Crippen LogP contribution in [0, 0.1) is 6.92 Å². The lowest BCUT2D eigenvalue weighted by Gasteiger charge is -2.36. The molecule has 6 rings (SSSR count). The number of benzene rings is 1. The molecule has 4 aromatic heterocycles. The van der Waals surface area contributed by atoms with Crippen LogP contribution in [0.3, 0.4) is 0 Å². The standard InChI is InChI=1S/C27H27N11O4/c1-3-19-22(35-6-8-36(9-7-35)25(41)21-23(40)15(2)30-14-32-21)26(42)38-27(37(19)12-20(28)39)33-24(34-38)16-4-5-18-17(10-16)11-29-13-31-18/h4-5,10-11,13-14,40H,3,6-9,12H2,1-2H3,(H2,28,39). The van der Waals surface area contributed by atoms with Crippen LogP contribution < -0.4 is 16.2 Å². The number of amides is 2. The van der Waals surface area contributed by atoms with Gasteiger partial charge in [0.1, 0.15) is 24.9 Å². The van der Waals surface area contributed by atoms with Crippen LogP contribution in [-0.4, -0.2) is 87.1 Å². The fourth-order valence-corrected chi connectivity index (χ4v) is 5.24. The number of nitrogens with zero attached hydrogens (tertiary/aromatic N) is 10. The third-order valence-electron chi connectivity index (χ3n) is 7.33. The van der Waals surface area contributed by atoms with Crippen molar-refractivity contribution in [1.29, 1.82) is 0 Å². The van der Waals surface area contributed by atoms with Gasteiger partial charge in [0, 0.05) is 43.3 Å². The molecule has 15 nitrogen and oxygen atoms in total. The second-order valence-corrected chi connectivity index (χ2v) is 9.89. The molecule has 15 heteroatoms. The molecule has 5 heterocycles. The fourth-order valence-electron chi connectivity index (χ4n) is 5.24. The summed E-state index contributed by atoms with van der Waals surface area (Å²) < 4.78 is 2.82. The molecule has 0 atom stereocenters. The minimum Gasteiger partial charge on any atom is -0.504 e. The normalized spacial score (nSPS) is 13.7. The zero-order valence-electron chi connectivity index (χ0n) is 22.9. The summed E-state index contributed by atoms with van der Waals surface area (Å²) in [6.07, 6.45) is 4.79. The Morgan fingerprint density at radius 1 is 1.07 bits per heavy atom. The Kier molecular flexibility index (Phi) is 6.68. The average Bonchev–Trinajstić information content (AvgIpc) is 3.45. The lowest BCUT2D eigenvalue weighted by Crippen LogP contribution is -2.51. The van der Waals surface area contributed by atoms with Crippen molar-refractivity contribution < 1.29 is 14.7 Å². The highest BCUT2D eigenvalue weighted by molar-refractivity contribution is 5.95. The van der Waals surface area contributed by atoms with Crippen LogP contribution in [0.2, 0.25) is 0 Å². The smallest absolute Gasteiger partial charge is 0.299 e. The van der Waals surface area contributed by atoms with E-state index in [1.165, 1.54) is 17.2 Å². The van der Waals surface area contributed by atoms with Gasteiger partial charge in [-0.05, 0) is 31.5 Å². The first-order valence-corrected chi connectivity index (χ1v) is 13.3. The van der Waals surface area contributed by atoms with E-state index in [0.717, 1.165) is 10.9 Å². The molecule has 42 heavy (non-hydrogen) atoms. The molecule has 3 N–H and O–H groups in total. The molecule has 0 bridgehead atoms. The summed E-state index contributed by atoms with van der Waals surface area (Å²) in [5, 5.41) is 15.6. The number of anilines is 1. The predicted molar refractivity (Wildman–Crippen MR) is 151 cm³/mol. The van der Waals surface area contributed by atoms with Gasteiger partial charge >= 0.3 is 0 Å². The van der Waals surface area contributed by atoms with Crippen LogP contribution in [0.25, 0.3) is 28.1 Å². The maximum atomic E-state index is 14.0. The molecule has 0 spiro atoms. The van der Waals surface area contributed by atoms with Gasteiger partial charge in [0.05, 0.1) is 16.9 Å². The Hall–Kier alpha value is -5.47. The molecule has 1 aromatic carbocycles. The number of aromatic nitrogens is 8. The van der Waals surface area contributed by atoms with E-state index in [9.17, 15) is 19.5 Å². The van der Waals surface area contributed by atoms with Gasteiger partial charge in [0.25, 0.3) is 11.5 Å². The quantitative estimate of drug-likeness (QED) is 0.286. The molecule has 0 aliphatic carbocycles. The van der Waals surface area contributed by atoms with Crippen LogP contribution in [-0.2, 0) is 17.8 Å². The van der Waals surface area contributed by atoms with Gasteiger partial charge in [0.15, 0.2) is 17.3 Å². The number of aryl methyl sites for hydroxylation is 1. The number of hydrogen-bond acceptors (Lipinski definition) is 11. The number of primary amides is 1. The van der Waals surface area contributed by atoms with Crippen molar-refractivity contribution in [3.63, 3.8) is 0 Å². The van der Waals surface area contributed by atoms with E-state index in [2.05, 4.69) is 30.0 Å². The minimum atomic E-state index is -0.594. The highest BCUT2D eigenvalue weighted by Crippen LogP contribution is 2.25. The van der Waals surface area contributed by atoms with Crippen LogP contribution in [0.15, 0.2) is 41.8 Å². The minimum absolute atomic E-state index is 0.0640. The highest BCUT2D eigenvalue weighted by Gasteiger charge is 2.30. The number of carbonyl (C=O) groups is 2. The summed E-state index contributed by atoms with van der Waals surface area (Å²) in [6.45, 7) is 4.48. The summed E-state index contributed by atoms with van der Waals surface area (Å²) in [5.41, 5.74) is 7.83. The number of nitrogens with two attached hydrogens (primary N) is 1. The Morgan fingerprint density at radius 3 is 2.60 bits per heavy atom. The maximum Gasteiger partial charge on any atom is 0.299 e. The number of fused-ring (bicyclic) bond motifs is 2. The van der Waals surface area contributed by atoms with Gasteiger partial charge in [-0.15, -0.1) is 5.10 Å². The molecular weight excluding hydrogens is 542 g/mol. The van der Waals surface area contributed by atoms with E-state index in [0.29, 0.717) is 48.0 Å². The lowest BCUT2D eigenvalue weighted by molar-refractivity contribution is -0.118. The van der Waals surface area contributed by atoms with Crippen LogP contribution in [0.1, 0.15) is 28.8 Å². The summed E-state index contributed by atoms with van der Waals surface area (Å²) in [7, 11) is 0. The number of piperazine rings is 1. The van der Waals surface area contributed by atoms with Gasteiger partial charge in [-0.3, -0.25) is 14.4 Å². The fraction of sp³-hybridized carbons (Fsp3) is 0.296. The molecule has 5 aromatic rings. The monoisotopic (exact) mass is 569 g/mol. The van der Waals surface area contributed by atoms with Crippen molar-refractivity contribution in [2.24, 2.45) is 5.73 Å². The zero-order chi connectivity index (χ0) is 29.5. The summed E-state index contributed by atoms with van der Waals surface area (Å²) >= 11 is 0. The molecule has 0 saturated carbocycles. The topological polar surface area (TPSA) is 191 Å². The van der Waals surface area contributed by atoms with Crippen molar-refractivity contribution in [3.8, 4) is 17.1 Å². The predicted octanol–water partition coefficient (Wildman–Crippen LogP) is 0.315. The van der Waals surface area contributed by atoms with E-state index < -0.39 is 17.4 Å². The molecule has 1 saturated heterocycles. The maximum absolute atomic E-state index is 14.0. The summed E-state index contributed by atoms with van der Waals surface area (Å²) in [5.74, 6) is -0.771. The van der Waals surface area contributed by atoms with Gasteiger partial charge < -0.3 is 25.2 Å². The van der Waals surface area contributed by atoms with Crippen LogP contribution in [0.5, 0.6) is 5.75 Å². The third kappa shape index (κ3) is 4.53. The Morgan fingerprint density at radius 2 is 1.86 bits per heavy atom. The van der Waals surface area contributed by atoms with E-state index >= 15 is 0 Å². The molecule has 2 amide bonds. The van der Waals surface area contributed by atoms with Crippen LogP contribution >= 0.6 is 0 Å². The van der Waals surface area contributed by atoms with E-state index in [1.54, 1.807) is 22.6 Å². The zero-order valence-corrected chi connectivity index (χ0v) is 22.9. The van der Waals surface area contributed by atoms with Crippen LogP contribution in [0.4, 0.5) is 5.69 Å². The lowest BCUT2D eigenvalue weighted by atomic mass is 10.1. The van der Waals surface area contributed by atoms with Crippen molar-refractivity contribution in [3.05, 3.63) is 64.5 Å². The Bertz CT molecular complexity index is 1930. The largest absolute Gasteiger partial charge is 0.504 e. The Labute approximate surface area is 238 Å². The molecule has 1 aliphatic rings. The van der Waals surface area contributed by atoms with Gasteiger partial charge in [-0.25, -0.2) is 19.9 Å². The molecule has 0 unspecified atom stereocenters. The van der Waals surface area contributed by atoms with Gasteiger partial charge in [0.2, 0.25) is 11.7 Å². The number of aromatic hydroxyl groups is 1. The van der Waals surface area contributed by atoms with Crippen molar-refractivity contribution in [2.45, 2.75) is 26.8 Å². The first-order chi connectivity index (χ1) is 20.3. The van der Waals surface area contributed by atoms with Crippen molar-refractivity contribution in [2.75, 3.05) is 31.1 Å². The third-order valence-corrected chi connectivity index (χ3v) is 7.33. The van der Waals surface area contributed by atoms with E-state index in [1.807, 2.05) is 30.0 Å². The molecule has 1 fully saturated rings. The Balaban J connectivity index is 1.39. The van der Waals surface area contributed by atoms with Gasteiger partial charge in [-0.1, -0.05) is 6.92 Å². The first kappa shape index (κ1) is 26.7. The SMILES string of the molecule is CCc1c(N2CCN(C(=O)c3ncnc(C)c3O)CC2)c(=O)n2nc(-c3ccc4ncncc4c3)nc2n1CC(N)=O. The van der Waals surface area contributed by atoms with Crippen molar-refractivity contribution >= 4 is 34.2 Å². The second-order valence-electron chi connectivity index (χ2n) is 9.89. The molecule has 1 aliphatic heterocycles. The number of rotatable bonds is 6.